The normalized spacial score (nSPS) is 29.9. The maximum absolute atomic E-state index is 12.2. The summed E-state index contributed by atoms with van der Waals surface area (Å²) in [4.78, 5) is 2.43. The Bertz CT molecular complexity index is 463. The molecule has 0 spiro atoms. The molecule has 20 heavy (non-hydrogen) atoms. The summed E-state index contributed by atoms with van der Waals surface area (Å²) >= 11 is 2.32. The zero-order valence-corrected chi connectivity index (χ0v) is 12.5. The number of hydrogen-bond acceptors (Lipinski definition) is 5. The van der Waals surface area contributed by atoms with Gasteiger partial charge in [0.15, 0.2) is 0 Å². The smallest absolute Gasteiger partial charge is 0.302 e. The standard InChI is InChI=1S/C12H16F3N3S2/c13-12(14,15)3-5-19-11-10(16-20-17-11)9-7-18-4-1-2-8(9)6-18/h8-9H,1-7H2/t8-,9-/m1/s1. The van der Waals surface area contributed by atoms with Crippen LogP contribution >= 0.6 is 23.5 Å². The third-order valence-corrected chi connectivity index (χ3v) is 5.66. The van der Waals surface area contributed by atoms with Crippen LogP contribution in [0.3, 0.4) is 0 Å². The molecule has 0 radical (unpaired) electrons. The number of piperidine rings is 1. The van der Waals surface area contributed by atoms with Crippen molar-refractivity contribution in [3.05, 3.63) is 5.69 Å². The number of thioether (sulfide) groups is 1. The number of halogens is 3. The molecular weight excluding hydrogens is 307 g/mol. The van der Waals surface area contributed by atoms with E-state index in [0.717, 1.165) is 42.1 Å². The summed E-state index contributed by atoms with van der Waals surface area (Å²) in [7, 11) is 0. The van der Waals surface area contributed by atoms with E-state index < -0.39 is 12.6 Å². The van der Waals surface area contributed by atoms with E-state index in [-0.39, 0.29) is 5.75 Å². The minimum Gasteiger partial charge on any atom is -0.302 e. The molecule has 3 atom stereocenters. The first-order chi connectivity index (χ1) is 9.53. The summed E-state index contributed by atoms with van der Waals surface area (Å²) < 4.78 is 45.2. The highest BCUT2D eigenvalue weighted by Crippen LogP contribution is 2.41. The number of rotatable bonds is 4. The zero-order valence-electron chi connectivity index (χ0n) is 10.9. The van der Waals surface area contributed by atoms with Gasteiger partial charge < -0.3 is 4.90 Å². The van der Waals surface area contributed by atoms with Crippen LogP contribution in [0.1, 0.15) is 30.9 Å². The second kappa shape index (κ2) is 5.81. The quantitative estimate of drug-likeness (QED) is 0.794. The summed E-state index contributed by atoms with van der Waals surface area (Å²) in [5, 5.41) is 0.720. The van der Waals surface area contributed by atoms with Crippen LogP contribution in [0.5, 0.6) is 0 Å². The van der Waals surface area contributed by atoms with Gasteiger partial charge in [-0.1, -0.05) is 0 Å². The summed E-state index contributed by atoms with van der Waals surface area (Å²) in [6, 6.07) is 0. The molecule has 1 aromatic rings. The van der Waals surface area contributed by atoms with Crippen LogP contribution in [0.2, 0.25) is 0 Å². The van der Waals surface area contributed by atoms with E-state index in [2.05, 4.69) is 13.6 Å². The number of hydrogen-bond donors (Lipinski definition) is 0. The summed E-state index contributed by atoms with van der Waals surface area (Å²) in [6.07, 6.45) is -2.44. The zero-order chi connectivity index (χ0) is 14.2. The van der Waals surface area contributed by atoms with E-state index in [9.17, 15) is 13.2 Å². The van der Waals surface area contributed by atoms with Gasteiger partial charge >= 0.3 is 6.18 Å². The Hall–Kier alpha value is -0.340. The third kappa shape index (κ3) is 3.28. The molecule has 2 saturated heterocycles. The van der Waals surface area contributed by atoms with Gasteiger partial charge in [0.05, 0.1) is 23.8 Å². The fraction of sp³-hybridized carbons (Fsp3) is 0.833. The molecular formula is C12H16F3N3S2. The van der Waals surface area contributed by atoms with Gasteiger partial charge in [-0.3, -0.25) is 0 Å². The van der Waals surface area contributed by atoms with Crippen molar-refractivity contribution in [1.29, 1.82) is 0 Å². The van der Waals surface area contributed by atoms with Gasteiger partial charge in [0.1, 0.15) is 5.03 Å². The van der Waals surface area contributed by atoms with Crippen molar-refractivity contribution in [3.8, 4) is 0 Å². The largest absolute Gasteiger partial charge is 0.389 e. The van der Waals surface area contributed by atoms with Gasteiger partial charge in [0.25, 0.3) is 0 Å². The molecule has 0 aromatic carbocycles. The lowest BCUT2D eigenvalue weighted by Crippen LogP contribution is -2.25. The topological polar surface area (TPSA) is 29.0 Å². The summed E-state index contributed by atoms with van der Waals surface area (Å²) in [5.74, 6) is 1.00. The van der Waals surface area contributed by atoms with Crippen molar-refractivity contribution in [3.63, 3.8) is 0 Å². The molecule has 0 amide bonds. The molecule has 0 saturated carbocycles. The first-order valence-electron chi connectivity index (χ1n) is 6.77. The molecule has 0 N–H and O–H groups in total. The molecule has 3 rings (SSSR count). The summed E-state index contributed by atoms with van der Waals surface area (Å²) in [5.41, 5.74) is 0.941. The number of alkyl halides is 3. The molecule has 2 bridgehead atoms. The SMILES string of the molecule is FC(F)(F)CCSc1nsnc1[C@@H]1CN2CCC[C@@H]1C2. The lowest BCUT2D eigenvalue weighted by Gasteiger charge is -2.21. The molecule has 8 heteroatoms. The first kappa shape index (κ1) is 14.6. The Balaban J connectivity index is 1.65. The van der Waals surface area contributed by atoms with Gasteiger partial charge in [0, 0.05) is 24.8 Å². The Kier molecular flexibility index (Phi) is 4.24. The monoisotopic (exact) mass is 323 g/mol. The number of aromatic nitrogens is 2. The highest BCUT2D eigenvalue weighted by atomic mass is 32.2. The number of nitrogens with zero attached hydrogens (tertiary/aromatic N) is 3. The van der Waals surface area contributed by atoms with E-state index in [4.69, 9.17) is 0 Å². The average Bonchev–Trinajstić information content (AvgIpc) is 2.93. The lowest BCUT2D eigenvalue weighted by atomic mass is 9.89. The van der Waals surface area contributed by atoms with Crippen molar-refractivity contribution in [2.75, 3.05) is 25.4 Å². The molecule has 3 heterocycles. The van der Waals surface area contributed by atoms with Crippen molar-refractivity contribution < 1.29 is 13.2 Å². The Morgan fingerprint density at radius 2 is 2.15 bits per heavy atom. The Morgan fingerprint density at radius 1 is 1.30 bits per heavy atom. The van der Waals surface area contributed by atoms with Crippen LogP contribution in [-0.4, -0.2) is 45.2 Å². The molecule has 112 valence electrons. The fourth-order valence-electron chi connectivity index (χ4n) is 3.10. The minimum atomic E-state index is -4.09. The van der Waals surface area contributed by atoms with Gasteiger partial charge in [-0.05, 0) is 25.3 Å². The van der Waals surface area contributed by atoms with Gasteiger partial charge in [-0.2, -0.15) is 21.9 Å². The second-order valence-corrected chi connectivity index (χ2v) is 7.05. The van der Waals surface area contributed by atoms with Crippen LogP contribution in [-0.2, 0) is 0 Å². The van der Waals surface area contributed by atoms with E-state index in [1.165, 1.54) is 24.6 Å². The average molecular weight is 323 g/mol. The van der Waals surface area contributed by atoms with Crippen molar-refractivity contribution >= 4 is 23.5 Å². The van der Waals surface area contributed by atoms with E-state index in [1.54, 1.807) is 0 Å². The lowest BCUT2D eigenvalue weighted by molar-refractivity contribution is -0.129. The van der Waals surface area contributed by atoms with Crippen LogP contribution in [0.15, 0.2) is 5.03 Å². The van der Waals surface area contributed by atoms with Crippen LogP contribution in [0, 0.1) is 5.92 Å². The van der Waals surface area contributed by atoms with Crippen LogP contribution in [0.4, 0.5) is 13.2 Å². The van der Waals surface area contributed by atoms with Crippen molar-refractivity contribution in [2.24, 2.45) is 5.92 Å². The van der Waals surface area contributed by atoms with E-state index in [0.29, 0.717) is 11.8 Å². The van der Waals surface area contributed by atoms with E-state index >= 15 is 0 Å². The van der Waals surface area contributed by atoms with Crippen LogP contribution in [0.25, 0.3) is 0 Å². The van der Waals surface area contributed by atoms with Gasteiger partial charge in [-0.15, -0.1) is 11.8 Å². The molecule has 1 aromatic heterocycles. The Morgan fingerprint density at radius 3 is 2.90 bits per heavy atom. The Labute approximate surface area is 124 Å². The molecule has 3 nitrogen and oxygen atoms in total. The highest BCUT2D eigenvalue weighted by Gasteiger charge is 2.39. The molecule has 0 aliphatic carbocycles. The van der Waals surface area contributed by atoms with E-state index in [1.807, 2.05) is 0 Å². The number of fused-ring (bicyclic) bond motifs is 2. The predicted octanol–water partition coefficient (Wildman–Crippen LogP) is 3.39. The molecule has 2 aliphatic rings. The van der Waals surface area contributed by atoms with Gasteiger partial charge in [0.2, 0.25) is 0 Å². The minimum absolute atomic E-state index is 0.0308. The third-order valence-electron chi connectivity index (χ3n) is 4.02. The van der Waals surface area contributed by atoms with Crippen LogP contribution < -0.4 is 0 Å². The molecule has 2 fully saturated rings. The predicted molar refractivity (Wildman–Crippen MR) is 73.2 cm³/mol. The maximum atomic E-state index is 12.2. The molecule has 2 aliphatic heterocycles. The second-order valence-electron chi connectivity index (χ2n) is 5.44. The first-order valence-corrected chi connectivity index (χ1v) is 8.49. The van der Waals surface area contributed by atoms with Gasteiger partial charge in [-0.25, -0.2) is 0 Å². The highest BCUT2D eigenvalue weighted by molar-refractivity contribution is 7.99. The van der Waals surface area contributed by atoms with Crippen molar-refractivity contribution in [1.82, 2.24) is 13.6 Å². The maximum Gasteiger partial charge on any atom is 0.389 e. The van der Waals surface area contributed by atoms with Crippen molar-refractivity contribution in [2.45, 2.75) is 36.4 Å². The molecule has 1 unspecified atom stereocenters. The fourth-order valence-corrected chi connectivity index (χ4v) is 4.86. The summed E-state index contributed by atoms with van der Waals surface area (Å²) in [6.45, 7) is 3.23.